The van der Waals surface area contributed by atoms with Crippen LogP contribution in [0.1, 0.15) is 19.3 Å². The first kappa shape index (κ1) is 18.4. The summed E-state index contributed by atoms with van der Waals surface area (Å²) in [4.78, 5) is 14.5. The average Bonchev–Trinajstić information content (AvgIpc) is 3.08. The molecule has 2 aromatic rings. The van der Waals surface area contributed by atoms with Gasteiger partial charge in [-0.1, -0.05) is 36.2 Å². The molecule has 25 heavy (non-hydrogen) atoms. The number of para-hydroxylation sites is 1. The Balaban J connectivity index is 1.89. The second-order valence-electron chi connectivity index (χ2n) is 5.92. The summed E-state index contributed by atoms with van der Waals surface area (Å²) < 4.78 is 27.9. The van der Waals surface area contributed by atoms with Gasteiger partial charge in [0.05, 0.1) is 4.34 Å². The Morgan fingerprint density at radius 1 is 1.20 bits per heavy atom. The lowest BCUT2D eigenvalue weighted by atomic mass is 10.0. The summed E-state index contributed by atoms with van der Waals surface area (Å²) in [5, 5.41) is 0. The van der Waals surface area contributed by atoms with E-state index in [1.807, 2.05) is 30.3 Å². The lowest BCUT2D eigenvalue weighted by molar-refractivity contribution is -0.122. The molecule has 0 radical (unpaired) electrons. The van der Waals surface area contributed by atoms with Crippen molar-refractivity contribution in [1.82, 2.24) is 4.31 Å². The fraction of sp³-hybridized carbons (Fsp3) is 0.353. The highest BCUT2D eigenvalue weighted by Gasteiger charge is 2.39. The van der Waals surface area contributed by atoms with Gasteiger partial charge in [-0.15, -0.1) is 11.3 Å². The first-order chi connectivity index (χ1) is 11.9. The Hall–Kier alpha value is -1.41. The number of benzene rings is 1. The summed E-state index contributed by atoms with van der Waals surface area (Å²) >= 11 is 6.91. The van der Waals surface area contributed by atoms with Crippen LogP contribution in [0.15, 0.2) is 46.7 Å². The minimum atomic E-state index is -3.73. The van der Waals surface area contributed by atoms with Crippen LogP contribution in [0.2, 0.25) is 4.34 Å². The summed E-state index contributed by atoms with van der Waals surface area (Å²) in [5.74, 6) is -0.211. The molecule has 0 unspecified atom stereocenters. The van der Waals surface area contributed by atoms with Crippen LogP contribution in [0.4, 0.5) is 5.69 Å². The molecule has 3 rings (SSSR count). The van der Waals surface area contributed by atoms with Crippen LogP contribution in [0, 0.1) is 0 Å². The molecule has 1 saturated heterocycles. The number of hydrogen-bond donors (Lipinski definition) is 0. The van der Waals surface area contributed by atoms with Crippen LogP contribution in [-0.4, -0.2) is 38.3 Å². The highest BCUT2D eigenvalue weighted by Crippen LogP contribution is 2.32. The summed E-state index contributed by atoms with van der Waals surface area (Å²) in [6.07, 6.45) is 2.10. The van der Waals surface area contributed by atoms with Crippen LogP contribution in [0.5, 0.6) is 0 Å². The normalized spacial score (nSPS) is 18.9. The molecule has 0 N–H and O–H groups in total. The van der Waals surface area contributed by atoms with E-state index in [-0.39, 0.29) is 10.1 Å². The molecule has 2 heterocycles. The molecule has 134 valence electrons. The molecule has 1 atom stereocenters. The Kier molecular flexibility index (Phi) is 5.48. The SMILES string of the molecule is CN(C(=O)[C@H]1CCCCN1S(=O)(=O)c1ccc(Cl)s1)c1ccccc1. The summed E-state index contributed by atoms with van der Waals surface area (Å²) in [7, 11) is -2.05. The van der Waals surface area contributed by atoms with Gasteiger partial charge in [0.25, 0.3) is 10.0 Å². The molecule has 1 aliphatic rings. The van der Waals surface area contributed by atoms with E-state index in [1.54, 1.807) is 13.1 Å². The molecular weight excluding hydrogens is 380 g/mol. The molecule has 1 aromatic carbocycles. The zero-order valence-corrected chi connectivity index (χ0v) is 16.1. The van der Waals surface area contributed by atoms with Gasteiger partial charge >= 0.3 is 0 Å². The molecule has 1 aliphatic heterocycles. The fourth-order valence-corrected chi connectivity index (χ4v) is 6.26. The number of piperidine rings is 1. The maximum atomic E-state index is 13.0. The first-order valence-electron chi connectivity index (χ1n) is 8.01. The highest BCUT2D eigenvalue weighted by molar-refractivity contribution is 7.91. The van der Waals surface area contributed by atoms with Crippen molar-refractivity contribution in [3.8, 4) is 0 Å². The topological polar surface area (TPSA) is 57.7 Å². The van der Waals surface area contributed by atoms with Gasteiger partial charge in [-0.05, 0) is 37.1 Å². The Morgan fingerprint density at radius 2 is 1.92 bits per heavy atom. The number of nitrogens with zero attached hydrogens (tertiary/aromatic N) is 2. The monoisotopic (exact) mass is 398 g/mol. The Morgan fingerprint density at radius 3 is 2.56 bits per heavy atom. The van der Waals surface area contributed by atoms with E-state index in [4.69, 9.17) is 11.6 Å². The second-order valence-corrected chi connectivity index (χ2v) is 9.75. The van der Waals surface area contributed by atoms with Gasteiger partial charge in [-0.25, -0.2) is 8.42 Å². The van der Waals surface area contributed by atoms with Crippen LogP contribution in [0.25, 0.3) is 0 Å². The standard InChI is InChI=1S/C17H19ClN2O3S2/c1-19(13-7-3-2-4-8-13)17(21)14-9-5-6-12-20(14)25(22,23)16-11-10-15(18)24-16/h2-4,7-8,10-11,14H,5-6,9,12H2,1H3/t14-/m1/s1. The van der Waals surface area contributed by atoms with Crippen molar-refractivity contribution >= 4 is 44.6 Å². The van der Waals surface area contributed by atoms with Crippen molar-refractivity contribution in [2.24, 2.45) is 0 Å². The number of carbonyl (C=O) groups excluding carboxylic acids is 1. The maximum absolute atomic E-state index is 13.0. The van der Waals surface area contributed by atoms with Gasteiger partial charge < -0.3 is 4.90 Å². The van der Waals surface area contributed by atoms with Crippen molar-refractivity contribution in [1.29, 1.82) is 0 Å². The van der Waals surface area contributed by atoms with Gasteiger partial charge in [0.1, 0.15) is 10.3 Å². The van der Waals surface area contributed by atoms with Crippen molar-refractivity contribution < 1.29 is 13.2 Å². The van der Waals surface area contributed by atoms with Crippen LogP contribution in [0.3, 0.4) is 0 Å². The zero-order chi connectivity index (χ0) is 18.0. The quantitative estimate of drug-likeness (QED) is 0.790. The molecule has 0 spiro atoms. The van der Waals surface area contributed by atoms with Gasteiger partial charge in [0.2, 0.25) is 5.91 Å². The van der Waals surface area contributed by atoms with Crippen molar-refractivity contribution in [3.63, 3.8) is 0 Å². The van der Waals surface area contributed by atoms with E-state index in [2.05, 4.69) is 0 Å². The first-order valence-corrected chi connectivity index (χ1v) is 10.6. The van der Waals surface area contributed by atoms with E-state index in [1.165, 1.54) is 15.3 Å². The molecule has 1 fully saturated rings. The Bertz CT molecular complexity index is 852. The summed E-state index contributed by atoms with van der Waals surface area (Å²) in [5.41, 5.74) is 0.745. The highest BCUT2D eigenvalue weighted by atomic mass is 35.5. The van der Waals surface area contributed by atoms with Gasteiger partial charge in [0.15, 0.2) is 0 Å². The zero-order valence-electron chi connectivity index (χ0n) is 13.8. The fourth-order valence-electron chi connectivity index (χ4n) is 2.99. The number of carbonyl (C=O) groups is 1. The predicted octanol–water partition coefficient (Wildman–Crippen LogP) is 3.61. The number of hydrogen-bond acceptors (Lipinski definition) is 4. The third kappa shape index (κ3) is 3.74. The molecule has 5 nitrogen and oxygen atoms in total. The van der Waals surface area contributed by atoms with E-state index in [0.29, 0.717) is 17.3 Å². The van der Waals surface area contributed by atoms with Crippen molar-refractivity contribution in [2.75, 3.05) is 18.5 Å². The lowest BCUT2D eigenvalue weighted by Crippen LogP contribution is -2.52. The number of rotatable bonds is 4. The molecule has 1 aromatic heterocycles. The number of halogens is 1. The minimum absolute atomic E-state index is 0.180. The number of likely N-dealkylation sites (N-methyl/N-ethyl adjacent to an activating group) is 1. The summed E-state index contributed by atoms with van der Waals surface area (Å²) in [6, 6.07) is 11.6. The molecule has 0 aliphatic carbocycles. The molecule has 1 amide bonds. The molecule has 8 heteroatoms. The predicted molar refractivity (Wildman–Crippen MR) is 101 cm³/mol. The second kappa shape index (κ2) is 7.45. The van der Waals surface area contributed by atoms with E-state index in [0.717, 1.165) is 29.9 Å². The lowest BCUT2D eigenvalue weighted by Gasteiger charge is -2.35. The van der Waals surface area contributed by atoms with Crippen LogP contribution >= 0.6 is 22.9 Å². The van der Waals surface area contributed by atoms with Crippen LogP contribution in [-0.2, 0) is 14.8 Å². The number of anilines is 1. The minimum Gasteiger partial charge on any atom is -0.314 e. The Labute approximate surface area is 156 Å². The van der Waals surface area contributed by atoms with Crippen molar-refractivity contribution in [3.05, 3.63) is 46.8 Å². The van der Waals surface area contributed by atoms with Gasteiger partial charge in [-0.3, -0.25) is 4.79 Å². The number of thiophene rings is 1. The maximum Gasteiger partial charge on any atom is 0.253 e. The number of sulfonamides is 1. The van der Waals surface area contributed by atoms with E-state index < -0.39 is 16.1 Å². The number of amides is 1. The van der Waals surface area contributed by atoms with Gasteiger partial charge in [-0.2, -0.15) is 4.31 Å². The third-order valence-electron chi connectivity index (χ3n) is 4.32. The largest absolute Gasteiger partial charge is 0.314 e. The van der Waals surface area contributed by atoms with Crippen molar-refractivity contribution in [2.45, 2.75) is 29.5 Å². The van der Waals surface area contributed by atoms with E-state index in [9.17, 15) is 13.2 Å². The third-order valence-corrected chi connectivity index (χ3v) is 7.93. The summed E-state index contributed by atoms with van der Waals surface area (Å²) in [6.45, 7) is 0.344. The van der Waals surface area contributed by atoms with Gasteiger partial charge in [0, 0.05) is 19.3 Å². The van der Waals surface area contributed by atoms with Crippen LogP contribution < -0.4 is 4.90 Å². The average molecular weight is 399 g/mol. The molecule has 0 bridgehead atoms. The van der Waals surface area contributed by atoms with E-state index >= 15 is 0 Å². The molecular formula is C17H19ClN2O3S2. The smallest absolute Gasteiger partial charge is 0.253 e. The molecule has 0 saturated carbocycles.